The number of nitrogens with one attached hydrogen (secondary N) is 1. The second-order valence-electron chi connectivity index (χ2n) is 7.00. The van der Waals surface area contributed by atoms with E-state index in [0.717, 1.165) is 19.5 Å². The molecule has 158 valence electrons. The van der Waals surface area contributed by atoms with Crippen LogP contribution >= 0.6 is 0 Å². The Kier molecular flexibility index (Phi) is 6.51. The molecule has 2 aromatic rings. The van der Waals surface area contributed by atoms with Gasteiger partial charge in [0, 0.05) is 37.0 Å². The first-order valence-electron chi connectivity index (χ1n) is 9.27. The number of hydrogen-bond acceptors (Lipinski definition) is 7. The molecular formula is C20H27N3O5S. The molecule has 9 heteroatoms. The van der Waals surface area contributed by atoms with Crippen LogP contribution in [-0.4, -0.2) is 53.8 Å². The number of nitrogen functional groups attached to an aromatic ring is 1. The van der Waals surface area contributed by atoms with Crippen LogP contribution in [0.15, 0.2) is 41.3 Å². The molecule has 0 amide bonds. The lowest BCUT2D eigenvalue weighted by Gasteiger charge is -2.18. The Labute approximate surface area is 171 Å². The number of anilines is 1. The molecule has 1 heterocycles. The maximum Gasteiger partial charge on any atom is 0.244 e. The van der Waals surface area contributed by atoms with Gasteiger partial charge in [-0.3, -0.25) is 0 Å². The predicted octanol–water partition coefficient (Wildman–Crippen LogP) is 1.85. The van der Waals surface area contributed by atoms with Crippen molar-refractivity contribution in [3.63, 3.8) is 0 Å². The second kappa shape index (κ2) is 8.89. The maximum absolute atomic E-state index is 13.0. The van der Waals surface area contributed by atoms with E-state index in [-0.39, 0.29) is 17.5 Å². The third-order valence-corrected chi connectivity index (χ3v) is 6.27. The van der Waals surface area contributed by atoms with E-state index in [1.807, 2.05) is 7.05 Å². The summed E-state index contributed by atoms with van der Waals surface area (Å²) in [6.07, 6.45) is 0.788. The summed E-state index contributed by atoms with van der Waals surface area (Å²) in [7, 11) is 1.22. The van der Waals surface area contributed by atoms with E-state index >= 15 is 0 Å². The Morgan fingerprint density at radius 2 is 1.93 bits per heavy atom. The molecule has 0 aromatic heterocycles. The summed E-state index contributed by atoms with van der Waals surface area (Å²) in [6.45, 7) is 1.72. The largest absolute Gasteiger partial charge is 0.497 e. The van der Waals surface area contributed by atoms with Crippen molar-refractivity contribution in [3.8, 4) is 17.2 Å². The van der Waals surface area contributed by atoms with Gasteiger partial charge in [0.1, 0.15) is 28.2 Å². The highest BCUT2D eigenvalue weighted by Gasteiger charge is 2.26. The van der Waals surface area contributed by atoms with Gasteiger partial charge in [-0.1, -0.05) is 6.07 Å². The van der Waals surface area contributed by atoms with Crippen molar-refractivity contribution in [3.05, 3.63) is 42.0 Å². The van der Waals surface area contributed by atoms with Gasteiger partial charge in [0.15, 0.2) is 0 Å². The summed E-state index contributed by atoms with van der Waals surface area (Å²) < 4.78 is 45.1. The third kappa shape index (κ3) is 5.11. The van der Waals surface area contributed by atoms with Gasteiger partial charge in [-0.05, 0) is 37.7 Å². The van der Waals surface area contributed by atoms with Gasteiger partial charge in [0.2, 0.25) is 10.0 Å². The van der Waals surface area contributed by atoms with Crippen LogP contribution < -0.4 is 24.7 Å². The number of benzene rings is 2. The third-order valence-electron chi connectivity index (χ3n) is 4.85. The highest BCUT2D eigenvalue weighted by molar-refractivity contribution is 7.89. The average Bonchev–Trinajstić information content (AvgIpc) is 3.12. The minimum Gasteiger partial charge on any atom is -0.497 e. The number of methoxy groups -OCH3 is 2. The zero-order valence-corrected chi connectivity index (χ0v) is 17.7. The molecule has 29 heavy (non-hydrogen) atoms. The van der Waals surface area contributed by atoms with Crippen molar-refractivity contribution in [2.75, 3.05) is 40.1 Å². The Morgan fingerprint density at radius 1 is 1.14 bits per heavy atom. The topological polar surface area (TPSA) is 103 Å². The molecule has 1 unspecified atom stereocenters. The lowest BCUT2D eigenvalue weighted by atomic mass is 10.2. The van der Waals surface area contributed by atoms with E-state index in [2.05, 4.69) is 9.62 Å². The summed E-state index contributed by atoms with van der Waals surface area (Å²) in [5, 5.41) is 0. The Hall–Kier alpha value is -2.49. The van der Waals surface area contributed by atoms with Crippen molar-refractivity contribution < 1.29 is 22.6 Å². The van der Waals surface area contributed by atoms with Crippen molar-refractivity contribution in [1.29, 1.82) is 0 Å². The molecule has 8 nitrogen and oxygen atoms in total. The summed E-state index contributed by atoms with van der Waals surface area (Å²) in [5.41, 5.74) is 6.88. The number of likely N-dealkylation sites (N-methyl/N-ethyl adjacent to an activating group) is 1. The van der Waals surface area contributed by atoms with Gasteiger partial charge < -0.3 is 24.8 Å². The summed E-state index contributed by atoms with van der Waals surface area (Å²) in [4.78, 5) is 2.17. The lowest BCUT2D eigenvalue weighted by molar-refractivity contribution is 0.203. The van der Waals surface area contributed by atoms with Crippen LogP contribution in [0.4, 0.5) is 5.69 Å². The molecule has 1 aliphatic heterocycles. The molecule has 3 rings (SSSR count). The highest BCUT2D eigenvalue weighted by atomic mass is 32.2. The van der Waals surface area contributed by atoms with Gasteiger partial charge in [-0.2, -0.15) is 0 Å². The fourth-order valence-corrected chi connectivity index (χ4v) is 4.42. The summed E-state index contributed by atoms with van der Waals surface area (Å²) in [6, 6.07) is 9.87. The molecule has 2 aromatic carbocycles. The molecule has 1 aliphatic rings. The SMILES string of the molecule is COc1ccc(CNS(=O)(=O)c2cc(N)ccc2OC2CCN(C)C2)c(OC)c1. The van der Waals surface area contributed by atoms with Gasteiger partial charge >= 0.3 is 0 Å². The first kappa shape index (κ1) is 21.2. The van der Waals surface area contributed by atoms with E-state index < -0.39 is 10.0 Å². The first-order chi connectivity index (χ1) is 13.8. The van der Waals surface area contributed by atoms with Crippen LogP contribution in [0.25, 0.3) is 0 Å². The van der Waals surface area contributed by atoms with Crippen molar-refractivity contribution in [1.82, 2.24) is 9.62 Å². The monoisotopic (exact) mass is 421 g/mol. The van der Waals surface area contributed by atoms with Crippen LogP contribution in [0.2, 0.25) is 0 Å². The molecule has 1 atom stereocenters. The van der Waals surface area contributed by atoms with Crippen molar-refractivity contribution >= 4 is 15.7 Å². The number of ether oxygens (including phenoxy) is 3. The Morgan fingerprint density at radius 3 is 2.59 bits per heavy atom. The van der Waals surface area contributed by atoms with Crippen LogP contribution in [0.5, 0.6) is 17.2 Å². The molecule has 0 saturated carbocycles. The minimum atomic E-state index is -3.86. The fraction of sp³-hybridized carbons (Fsp3) is 0.400. The molecule has 0 spiro atoms. The van der Waals surface area contributed by atoms with Gasteiger partial charge in [0.25, 0.3) is 0 Å². The standard InChI is InChI=1S/C20H27N3O5S/c1-23-9-8-17(13-23)28-18-7-5-15(21)10-20(18)29(24,25)22-12-14-4-6-16(26-2)11-19(14)27-3/h4-7,10-11,17,22H,8-9,12-13,21H2,1-3H3. The van der Waals surface area contributed by atoms with Crippen LogP contribution in [0.3, 0.4) is 0 Å². The number of hydrogen-bond donors (Lipinski definition) is 2. The van der Waals surface area contributed by atoms with Crippen LogP contribution in [0, 0.1) is 0 Å². The number of sulfonamides is 1. The van der Waals surface area contributed by atoms with Crippen molar-refractivity contribution in [2.24, 2.45) is 0 Å². The number of nitrogens with two attached hydrogens (primary N) is 1. The molecule has 1 saturated heterocycles. The molecule has 3 N–H and O–H groups in total. The number of likely N-dealkylation sites (tertiary alicyclic amines) is 1. The summed E-state index contributed by atoms with van der Waals surface area (Å²) in [5.74, 6) is 1.46. The van der Waals surface area contributed by atoms with Gasteiger partial charge in [0.05, 0.1) is 14.2 Å². The Balaban J connectivity index is 1.81. The van der Waals surface area contributed by atoms with Crippen LogP contribution in [0.1, 0.15) is 12.0 Å². The number of nitrogens with zero attached hydrogens (tertiary/aromatic N) is 1. The molecule has 0 aliphatic carbocycles. The minimum absolute atomic E-state index is 0.0273. The maximum atomic E-state index is 13.0. The lowest BCUT2D eigenvalue weighted by Crippen LogP contribution is -2.26. The predicted molar refractivity (Wildman–Crippen MR) is 111 cm³/mol. The van der Waals surface area contributed by atoms with Crippen LogP contribution in [-0.2, 0) is 16.6 Å². The second-order valence-corrected chi connectivity index (χ2v) is 8.73. The normalized spacial score (nSPS) is 17.3. The van der Waals surface area contributed by atoms with Gasteiger partial charge in [-0.25, -0.2) is 13.1 Å². The van der Waals surface area contributed by atoms with Crippen molar-refractivity contribution in [2.45, 2.75) is 24.0 Å². The molecule has 1 fully saturated rings. The smallest absolute Gasteiger partial charge is 0.244 e. The van der Waals surface area contributed by atoms with E-state index in [9.17, 15) is 8.42 Å². The first-order valence-corrected chi connectivity index (χ1v) is 10.8. The molecule has 0 bridgehead atoms. The van der Waals surface area contributed by atoms with E-state index in [1.165, 1.54) is 13.2 Å². The quantitative estimate of drug-likeness (QED) is 0.627. The van der Waals surface area contributed by atoms with E-state index in [0.29, 0.717) is 28.5 Å². The highest BCUT2D eigenvalue weighted by Crippen LogP contribution is 2.30. The zero-order valence-electron chi connectivity index (χ0n) is 16.8. The number of rotatable bonds is 8. The Bertz CT molecular complexity index is 965. The zero-order chi connectivity index (χ0) is 21.0. The van der Waals surface area contributed by atoms with E-state index in [4.69, 9.17) is 19.9 Å². The molecule has 0 radical (unpaired) electrons. The van der Waals surface area contributed by atoms with Gasteiger partial charge in [-0.15, -0.1) is 0 Å². The van der Waals surface area contributed by atoms with E-state index in [1.54, 1.807) is 37.4 Å². The average molecular weight is 422 g/mol. The summed E-state index contributed by atoms with van der Waals surface area (Å²) >= 11 is 0. The molecular weight excluding hydrogens is 394 g/mol. The fourth-order valence-electron chi connectivity index (χ4n) is 3.25.